The Morgan fingerprint density at radius 1 is 1.20 bits per heavy atom. The average molecular weight is 369 g/mol. The van der Waals surface area contributed by atoms with Crippen molar-refractivity contribution in [2.75, 3.05) is 0 Å². The predicted molar refractivity (Wildman–Crippen MR) is 95.4 cm³/mol. The molecule has 6 nitrogen and oxygen atoms in total. The van der Waals surface area contributed by atoms with Crippen LogP contribution in [-0.2, 0) is 14.9 Å². The highest BCUT2D eigenvalue weighted by Gasteiger charge is 2.28. The first-order valence-corrected chi connectivity index (χ1v) is 9.97. The zero-order valence-electron chi connectivity index (χ0n) is 15.2. The second-order valence-electron chi connectivity index (χ2n) is 7.71. The van der Waals surface area contributed by atoms with Crippen LogP contribution in [0.1, 0.15) is 63.5 Å². The van der Waals surface area contributed by atoms with Crippen molar-refractivity contribution in [1.29, 1.82) is 0 Å². The normalized spacial score (nSPS) is 21.6. The molecule has 0 spiro atoms. The fourth-order valence-electron chi connectivity index (χ4n) is 3.24. The number of aryl methyl sites for hydroxylation is 1. The Labute approximate surface area is 149 Å². The summed E-state index contributed by atoms with van der Waals surface area (Å²) in [4.78, 5) is 11.9. The van der Waals surface area contributed by atoms with E-state index in [4.69, 9.17) is 4.74 Å². The summed E-state index contributed by atoms with van der Waals surface area (Å²) < 4.78 is 38.0. The highest BCUT2D eigenvalue weighted by molar-refractivity contribution is 7.85. The summed E-state index contributed by atoms with van der Waals surface area (Å²) in [7, 11) is -4.24. The summed E-state index contributed by atoms with van der Waals surface area (Å²) in [6.45, 7) is 7.35. The number of benzene rings is 1. The predicted octanol–water partition coefficient (Wildman–Crippen LogP) is 3.79. The van der Waals surface area contributed by atoms with Gasteiger partial charge in [0.1, 0.15) is 5.60 Å². The Balaban J connectivity index is 2.04. The number of nitrogens with one attached hydrogen (secondary N) is 1. The molecule has 0 aliphatic heterocycles. The minimum absolute atomic E-state index is 0.0124. The molecule has 1 aliphatic carbocycles. The first-order chi connectivity index (χ1) is 11.5. The van der Waals surface area contributed by atoms with Gasteiger partial charge in [-0.15, -0.1) is 0 Å². The second kappa shape index (κ2) is 7.33. The van der Waals surface area contributed by atoms with Crippen LogP contribution in [0.15, 0.2) is 23.1 Å². The van der Waals surface area contributed by atoms with Gasteiger partial charge < -0.3 is 10.1 Å². The number of alkyl carbamates (subject to hydrolysis) is 1. The lowest BCUT2D eigenvalue weighted by Gasteiger charge is -2.31. The van der Waals surface area contributed by atoms with Gasteiger partial charge in [0, 0.05) is 6.04 Å². The van der Waals surface area contributed by atoms with Crippen molar-refractivity contribution in [3.63, 3.8) is 0 Å². The lowest BCUT2D eigenvalue weighted by molar-refractivity contribution is 0.0491. The second-order valence-corrected chi connectivity index (χ2v) is 9.10. The molecule has 0 heterocycles. The summed E-state index contributed by atoms with van der Waals surface area (Å²) in [5, 5.41) is 2.87. The SMILES string of the molecule is Cc1ccc(S(=O)(=O)O)c(C2CCC(NC(=O)OC(C)(C)C)CC2)c1. The molecule has 2 rings (SSSR count). The molecule has 25 heavy (non-hydrogen) atoms. The van der Waals surface area contributed by atoms with Gasteiger partial charge >= 0.3 is 6.09 Å². The summed E-state index contributed by atoms with van der Waals surface area (Å²) in [5.74, 6) is 0.0495. The fourth-order valence-corrected chi connectivity index (χ4v) is 4.01. The van der Waals surface area contributed by atoms with E-state index in [1.165, 1.54) is 6.07 Å². The van der Waals surface area contributed by atoms with Crippen LogP contribution in [0, 0.1) is 6.92 Å². The van der Waals surface area contributed by atoms with E-state index in [2.05, 4.69) is 5.32 Å². The number of hydrogen-bond donors (Lipinski definition) is 2. The molecule has 0 atom stereocenters. The van der Waals surface area contributed by atoms with Crippen molar-refractivity contribution in [3.05, 3.63) is 29.3 Å². The Morgan fingerprint density at radius 2 is 1.80 bits per heavy atom. The van der Waals surface area contributed by atoms with Crippen LogP contribution in [-0.4, -0.2) is 30.7 Å². The molecule has 1 aromatic carbocycles. The third kappa shape index (κ3) is 5.71. The molecule has 140 valence electrons. The van der Waals surface area contributed by atoms with Gasteiger partial charge in [0.15, 0.2) is 0 Å². The number of carbonyl (C=O) groups excluding carboxylic acids is 1. The summed E-state index contributed by atoms with van der Waals surface area (Å²) in [6.07, 6.45) is 2.54. The van der Waals surface area contributed by atoms with Gasteiger partial charge in [-0.1, -0.05) is 17.7 Å². The highest BCUT2D eigenvalue weighted by Crippen LogP contribution is 2.36. The molecule has 0 bridgehead atoms. The maximum Gasteiger partial charge on any atom is 0.407 e. The van der Waals surface area contributed by atoms with Crippen molar-refractivity contribution in [1.82, 2.24) is 5.32 Å². The van der Waals surface area contributed by atoms with E-state index in [9.17, 15) is 17.8 Å². The molecule has 1 saturated carbocycles. The molecule has 1 fully saturated rings. The Kier molecular flexibility index (Phi) is 5.79. The van der Waals surface area contributed by atoms with Crippen molar-refractivity contribution in [2.45, 2.75) is 75.8 Å². The Bertz CT molecular complexity index is 728. The molecular weight excluding hydrogens is 342 g/mol. The van der Waals surface area contributed by atoms with Crippen LogP contribution in [0.4, 0.5) is 4.79 Å². The van der Waals surface area contributed by atoms with Crippen LogP contribution in [0.2, 0.25) is 0 Å². The number of rotatable bonds is 3. The smallest absolute Gasteiger partial charge is 0.407 e. The number of amides is 1. The van der Waals surface area contributed by atoms with Crippen molar-refractivity contribution in [2.24, 2.45) is 0 Å². The molecule has 2 N–H and O–H groups in total. The third-order valence-corrected chi connectivity index (χ3v) is 5.26. The van der Waals surface area contributed by atoms with Gasteiger partial charge in [-0.05, 0) is 70.9 Å². The molecule has 1 amide bonds. The van der Waals surface area contributed by atoms with Crippen LogP contribution in [0.25, 0.3) is 0 Å². The Hall–Kier alpha value is -1.60. The van der Waals surface area contributed by atoms with Crippen molar-refractivity contribution < 1.29 is 22.5 Å². The van der Waals surface area contributed by atoms with Gasteiger partial charge in [0.2, 0.25) is 0 Å². The first kappa shape index (κ1) is 19.7. The monoisotopic (exact) mass is 369 g/mol. The summed E-state index contributed by atoms with van der Waals surface area (Å²) in [5.41, 5.74) is 1.09. The molecule has 0 unspecified atom stereocenters. The molecule has 0 aromatic heterocycles. The van der Waals surface area contributed by atoms with Gasteiger partial charge in [-0.25, -0.2) is 4.79 Å². The van der Waals surface area contributed by atoms with E-state index in [-0.39, 0.29) is 16.9 Å². The maximum atomic E-state index is 11.9. The van der Waals surface area contributed by atoms with E-state index in [1.807, 2.05) is 33.8 Å². The van der Waals surface area contributed by atoms with Crippen LogP contribution >= 0.6 is 0 Å². The fraction of sp³-hybridized carbons (Fsp3) is 0.611. The highest BCUT2D eigenvalue weighted by atomic mass is 32.2. The van der Waals surface area contributed by atoms with Crippen molar-refractivity contribution >= 4 is 16.2 Å². The van der Waals surface area contributed by atoms with Gasteiger partial charge in [0.25, 0.3) is 10.1 Å². The molecule has 0 radical (unpaired) electrons. The van der Waals surface area contributed by atoms with Crippen LogP contribution in [0.3, 0.4) is 0 Å². The van der Waals surface area contributed by atoms with E-state index in [0.29, 0.717) is 5.56 Å². The summed E-state index contributed by atoms with van der Waals surface area (Å²) >= 11 is 0. The average Bonchev–Trinajstić information content (AvgIpc) is 2.44. The lowest BCUT2D eigenvalue weighted by Crippen LogP contribution is -2.40. The zero-order valence-corrected chi connectivity index (χ0v) is 16.0. The molecular formula is C18H27NO5S. The van der Waals surface area contributed by atoms with Crippen LogP contribution < -0.4 is 5.32 Å². The van der Waals surface area contributed by atoms with E-state index in [0.717, 1.165) is 31.2 Å². The van der Waals surface area contributed by atoms with Gasteiger partial charge in [-0.3, -0.25) is 4.55 Å². The zero-order chi connectivity index (χ0) is 18.8. The van der Waals surface area contributed by atoms with E-state index < -0.39 is 21.8 Å². The largest absolute Gasteiger partial charge is 0.444 e. The number of hydrogen-bond acceptors (Lipinski definition) is 4. The summed E-state index contributed by atoms with van der Waals surface area (Å²) in [6, 6.07) is 4.99. The molecule has 1 aliphatic rings. The first-order valence-electron chi connectivity index (χ1n) is 8.53. The maximum absolute atomic E-state index is 11.9. The van der Waals surface area contributed by atoms with E-state index >= 15 is 0 Å². The lowest BCUT2D eigenvalue weighted by atomic mass is 9.81. The third-order valence-electron chi connectivity index (χ3n) is 4.33. The minimum Gasteiger partial charge on any atom is -0.444 e. The quantitative estimate of drug-likeness (QED) is 0.791. The van der Waals surface area contributed by atoms with Crippen LogP contribution in [0.5, 0.6) is 0 Å². The Morgan fingerprint density at radius 3 is 2.32 bits per heavy atom. The molecule has 0 saturated heterocycles. The van der Waals surface area contributed by atoms with Crippen molar-refractivity contribution in [3.8, 4) is 0 Å². The number of carbonyl (C=O) groups is 1. The topological polar surface area (TPSA) is 92.7 Å². The standard InChI is InChI=1S/C18H27NO5S/c1-12-5-10-16(25(21,22)23)15(11-12)13-6-8-14(9-7-13)19-17(20)24-18(2,3)4/h5,10-11,13-14H,6-9H2,1-4H3,(H,19,20)(H,21,22,23). The minimum atomic E-state index is -4.24. The number of ether oxygens (including phenoxy) is 1. The van der Waals surface area contributed by atoms with Gasteiger partial charge in [0.05, 0.1) is 4.90 Å². The molecule has 7 heteroatoms. The molecule has 1 aromatic rings. The van der Waals surface area contributed by atoms with E-state index in [1.54, 1.807) is 6.07 Å². The van der Waals surface area contributed by atoms with Gasteiger partial charge in [-0.2, -0.15) is 8.42 Å².